The number of alkyl halides is 3. The van der Waals surface area contributed by atoms with Gasteiger partial charge in [0.1, 0.15) is 0 Å². The molecule has 0 saturated carbocycles. The molecular formula is C8H12F3NO4. The van der Waals surface area contributed by atoms with Crippen LogP contribution in [0.3, 0.4) is 0 Å². The van der Waals surface area contributed by atoms with Gasteiger partial charge < -0.3 is 15.2 Å². The number of methoxy groups -OCH3 is 1. The second-order valence-electron chi connectivity index (χ2n) is 3.02. The van der Waals surface area contributed by atoms with E-state index in [4.69, 9.17) is 9.90 Å². The first-order chi connectivity index (χ1) is 7.27. The first-order valence-corrected chi connectivity index (χ1v) is 4.37. The highest BCUT2D eigenvalue weighted by atomic mass is 19.4. The number of ether oxygens (including phenoxy) is 1. The van der Waals surface area contributed by atoms with Gasteiger partial charge in [-0.15, -0.1) is 0 Å². The quantitative estimate of drug-likeness (QED) is 0.692. The number of carbonyl (C=O) groups is 2. The third-order valence-electron chi connectivity index (χ3n) is 1.81. The lowest BCUT2D eigenvalue weighted by atomic mass is 10.0. The van der Waals surface area contributed by atoms with Crippen molar-refractivity contribution in [2.24, 2.45) is 0 Å². The topological polar surface area (TPSA) is 75.6 Å². The lowest BCUT2D eigenvalue weighted by Crippen LogP contribution is -2.44. The maximum Gasteiger partial charge on any atom is 0.490 e. The number of hydrogen-bond donors (Lipinski definition) is 2. The van der Waals surface area contributed by atoms with Gasteiger partial charge in [-0.1, -0.05) is 0 Å². The van der Waals surface area contributed by atoms with Crippen LogP contribution in [0.5, 0.6) is 0 Å². The lowest BCUT2D eigenvalue weighted by molar-refractivity contribution is -0.192. The summed E-state index contributed by atoms with van der Waals surface area (Å²) >= 11 is 0. The summed E-state index contributed by atoms with van der Waals surface area (Å²) in [5.41, 5.74) is 0. The van der Waals surface area contributed by atoms with Gasteiger partial charge in [-0.25, -0.2) is 4.79 Å². The van der Waals surface area contributed by atoms with Crippen LogP contribution in [-0.2, 0) is 14.3 Å². The van der Waals surface area contributed by atoms with E-state index in [-0.39, 0.29) is 5.97 Å². The summed E-state index contributed by atoms with van der Waals surface area (Å²) in [6.07, 6.45) is -3.45. The number of nitrogens with one attached hydrogen (secondary N) is 1. The summed E-state index contributed by atoms with van der Waals surface area (Å²) in [7, 11) is 1.42. The van der Waals surface area contributed by atoms with Gasteiger partial charge in [0.2, 0.25) is 0 Å². The molecule has 1 aliphatic rings. The van der Waals surface area contributed by atoms with Crippen LogP contribution in [0, 0.1) is 0 Å². The first-order valence-electron chi connectivity index (χ1n) is 4.37. The maximum absolute atomic E-state index is 10.6. The molecule has 0 aromatic heterocycles. The zero-order valence-corrected chi connectivity index (χ0v) is 8.50. The van der Waals surface area contributed by atoms with Crippen molar-refractivity contribution in [2.75, 3.05) is 13.7 Å². The van der Waals surface area contributed by atoms with Gasteiger partial charge in [-0.3, -0.25) is 4.79 Å². The number of carbonyl (C=O) groups excluding carboxylic acids is 1. The molecule has 1 heterocycles. The Balaban J connectivity index is 0.000000293. The third-order valence-corrected chi connectivity index (χ3v) is 1.81. The van der Waals surface area contributed by atoms with Gasteiger partial charge in [0.05, 0.1) is 13.5 Å². The van der Waals surface area contributed by atoms with E-state index < -0.39 is 12.1 Å². The Morgan fingerprint density at radius 2 is 1.94 bits per heavy atom. The number of rotatable bonds is 2. The summed E-state index contributed by atoms with van der Waals surface area (Å²) in [6, 6.07) is 0.387. The molecule has 0 aromatic rings. The Morgan fingerprint density at radius 1 is 1.50 bits per heavy atom. The van der Waals surface area contributed by atoms with E-state index in [1.807, 2.05) is 0 Å². The van der Waals surface area contributed by atoms with Crippen molar-refractivity contribution in [3.05, 3.63) is 0 Å². The van der Waals surface area contributed by atoms with E-state index in [9.17, 15) is 18.0 Å². The molecule has 1 atom stereocenters. The Morgan fingerprint density at radius 3 is 2.12 bits per heavy atom. The standard InChI is InChI=1S/C6H11NO2.C2HF3O2/c1-9-6(8)4-5-2-3-7-5;3-2(4,5)1(6)7/h5,7H,2-4H2,1H3;(H,6,7). The van der Waals surface area contributed by atoms with Crippen LogP contribution in [0.15, 0.2) is 0 Å². The van der Waals surface area contributed by atoms with Crippen molar-refractivity contribution in [1.29, 1.82) is 0 Å². The highest BCUT2D eigenvalue weighted by molar-refractivity contribution is 5.73. The van der Waals surface area contributed by atoms with Crippen LogP contribution in [0.25, 0.3) is 0 Å². The molecule has 2 N–H and O–H groups in total. The zero-order valence-electron chi connectivity index (χ0n) is 8.50. The van der Waals surface area contributed by atoms with Gasteiger partial charge in [0.25, 0.3) is 0 Å². The van der Waals surface area contributed by atoms with Crippen molar-refractivity contribution in [3.8, 4) is 0 Å². The molecule has 0 radical (unpaired) electrons. The second kappa shape index (κ2) is 6.31. The predicted octanol–water partition coefficient (Wildman–Crippen LogP) is 0.545. The molecule has 0 aliphatic carbocycles. The van der Waals surface area contributed by atoms with E-state index in [2.05, 4.69) is 10.1 Å². The van der Waals surface area contributed by atoms with E-state index in [1.54, 1.807) is 0 Å². The Kier molecular flexibility index (Phi) is 5.79. The molecule has 1 fully saturated rings. The van der Waals surface area contributed by atoms with E-state index in [0.717, 1.165) is 13.0 Å². The minimum Gasteiger partial charge on any atom is -0.475 e. The maximum atomic E-state index is 10.6. The second-order valence-corrected chi connectivity index (χ2v) is 3.02. The molecule has 1 unspecified atom stereocenters. The summed E-state index contributed by atoms with van der Waals surface area (Å²) < 4.78 is 36.2. The number of carboxylic acids is 1. The summed E-state index contributed by atoms with van der Waals surface area (Å²) in [5, 5.41) is 10.2. The molecule has 8 heteroatoms. The number of esters is 1. The zero-order chi connectivity index (χ0) is 12.8. The molecule has 0 aromatic carbocycles. The number of carboxylic acid groups (broad SMARTS) is 1. The fourth-order valence-corrected chi connectivity index (χ4v) is 0.807. The van der Waals surface area contributed by atoms with E-state index >= 15 is 0 Å². The number of hydrogen-bond acceptors (Lipinski definition) is 4. The summed E-state index contributed by atoms with van der Waals surface area (Å²) in [4.78, 5) is 19.4. The van der Waals surface area contributed by atoms with Crippen LogP contribution in [0.1, 0.15) is 12.8 Å². The SMILES string of the molecule is COC(=O)CC1CCN1.O=C(O)C(F)(F)F. The van der Waals surface area contributed by atoms with Crippen molar-refractivity contribution in [2.45, 2.75) is 25.1 Å². The highest BCUT2D eigenvalue weighted by Gasteiger charge is 2.38. The molecule has 1 rings (SSSR count). The smallest absolute Gasteiger partial charge is 0.475 e. The number of aliphatic carboxylic acids is 1. The molecule has 1 aliphatic heterocycles. The van der Waals surface area contributed by atoms with Crippen LogP contribution < -0.4 is 5.32 Å². The largest absolute Gasteiger partial charge is 0.490 e. The van der Waals surface area contributed by atoms with Gasteiger partial charge in [0.15, 0.2) is 0 Å². The Labute approximate surface area is 89.6 Å². The fraction of sp³-hybridized carbons (Fsp3) is 0.750. The molecule has 0 amide bonds. The van der Waals surface area contributed by atoms with Crippen LogP contribution >= 0.6 is 0 Å². The molecule has 5 nitrogen and oxygen atoms in total. The minimum atomic E-state index is -5.08. The van der Waals surface area contributed by atoms with Crippen LogP contribution in [0.4, 0.5) is 13.2 Å². The minimum absolute atomic E-state index is 0.118. The molecule has 16 heavy (non-hydrogen) atoms. The molecule has 0 spiro atoms. The van der Waals surface area contributed by atoms with Gasteiger partial charge >= 0.3 is 18.1 Å². The predicted molar refractivity (Wildman–Crippen MR) is 46.7 cm³/mol. The fourth-order valence-electron chi connectivity index (χ4n) is 0.807. The number of halogens is 3. The monoisotopic (exact) mass is 243 g/mol. The van der Waals surface area contributed by atoms with Crippen molar-refractivity contribution < 1.29 is 32.6 Å². The van der Waals surface area contributed by atoms with Crippen molar-refractivity contribution in [1.82, 2.24) is 5.32 Å². The van der Waals surface area contributed by atoms with Gasteiger partial charge in [-0.05, 0) is 13.0 Å². The molecular weight excluding hydrogens is 231 g/mol. The van der Waals surface area contributed by atoms with Crippen LogP contribution in [0.2, 0.25) is 0 Å². The van der Waals surface area contributed by atoms with Gasteiger partial charge in [-0.2, -0.15) is 13.2 Å². The molecule has 94 valence electrons. The molecule has 0 bridgehead atoms. The van der Waals surface area contributed by atoms with Gasteiger partial charge in [0, 0.05) is 6.04 Å². The Bertz CT molecular complexity index is 250. The van der Waals surface area contributed by atoms with Crippen molar-refractivity contribution >= 4 is 11.9 Å². The van der Waals surface area contributed by atoms with E-state index in [0.29, 0.717) is 12.5 Å². The molecule has 1 saturated heterocycles. The normalized spacial score (nSPS) is 18.9. The average Bonchev–Trinajstić information content (AvgIpc) is 2.10. The first kappa shape index (κ1) is 14.7. The Hall–Kier alpha value is -1.31. The van der Waals surface area contributed by atoms with Crippen LogP contribution in [-0.4, -0.2) is 42.9 Å². The lowest BCUT2D eigenvalue weighted by Gasteiger charge is -2.26. The summed E-state index contributed by atoms with van der Waals surface area (Å²) in [5.74, 6) is -2.88. The average molecular weight is 243 g/mol. The van der Waals surface area contributed by atoms with Crippen molar-refractivity contribution in [3.63, 3.8) is 0 Å². The third kappa shape index (κ3) is 6.23. The summed E-state index contributed by atoms with van der Waals surface area (Å²) in [6.45, 7) is 1.04. The highest BCUT2D eigenvalue weighted by Crippen LogP contribution is 2.13. The van der Waals surface area contributed by atoms with E-state index in [1.165, 1.54) is 7.11 Å².